The average Bonchev–Trinajstić information content (AvgIpc) is 1.96. The molecule has 0 atom stereocenters. The van der Waals surface area contributed by atoms with Gasteiger partial charge in [-0.25, -0.2) is 9.97 Å². The summed E-state index contributed by atoms with van der Waals surface area (Å²) in [6, 6.07) is 2.15. The molecule has 1 rings (SSSR count). The maximum Gasteiger partial charge on any atom is 0.115 e. The molecular formula is C14H24N2. The molecule has 0 saturated carbocycles. The van der Waals surface area contributed by atoms with Gasteiger partial charge in [0.1, 0.15) is 6.33 Å². The zero-order chi connectivity index (χ0) is 12.4. The summed E-state index contributed by atoms with van der Waals surface area (Å²) in [5.41, 5.74) is 2.88. The average molecular weight is 220 g/mol. The van der Waals surface area contributed by atoms with Crippen LogP contribution in [-0.4, -0.2) is 9.97 Å². The minimum atomic E-state index is 0.285. The minimum absolute atomic E-state index is 0.285. The van der Waals surface area contributed by atoms with Crippen molar-refractivity contribution in [2.45, 2.75) is 54.4 Å². The van der Waals surface area contributed by atoms with Crippen LogP contribution in [0.3, 0.4) is 0 Å². The molecule has 0 aliphatic heterocycles. The second kappa shape index (κ2) is 4.52. The van der Waals surface area contributed by atoms with Crippen LogP contribution in [0.25, 0.3) is 0 Å². The summed E-state index contributed by atoms with van der Waals surface area (Å²) in [4.78, 5) is 8.69. The molecule has 0 unspecified atom stereocenters. The second-order valence-electron chi connectivity index (χ2n) is 6.98. The summed E-state index contributed by atoms with van der Waals surface area (Å²) >= 11 is 0. The first kappa shape index (κ1) is 13.1. The van der Waals surface area contributed by atoms with E-state index >= 15 is 0 Å². The fourth-order valence-electron chi connectivity index (χ4n) is 1.72. The molecule has 0 N–H and O–H groups in total. The summed E-state index contributed by atoms with van der Waals surface area (Å²) in [5.74, 6) is 0. The molecule has 0 amide bonds. The summed E-state index contributed by atoms with van der Waals surface area (Å²) in [6.45, 7) is 13.4. The fraction of sp³-hybridized carbons (Fsp3) is 0.714. The molecular weight excluding hydrogens is 196 g/mol. The monoisotopic (exact) mass is 220 g/mol. The lowest BCUT2D eigenvalue weighted by atomic mass is 9.88. The number of aromatic nitrogens is 2. The molecule has 90 valence electrons. The van der Waals surface area contributed by atoms with Gasteiger partial charge in [0, 0.05) is 11.4 Å². The standard InChI is InChI=1S/C14H24N2/c1-13(2,3)8-11-7-12(16-10-15-11)9-14(4,5)6/h7,10H,8-9H2,1-6H3. The molecule has 16 heavy (non-hydrogen) atoms. The quantitative estimate of drug-likeness (QED) is 0.760. The normalized spacial score (nSPS) is 12.9. The van der Waals surface area contributed by atoms with E-state index in [9.17, 15) is 0 Å². The zero-order valence-corrected chi connectivity index (χ0v) is 11.5. The molecule has 0 radical (unpaired) electrons. The van der Waals surface area contributed by atoms with Crippen molar-refractivity contribution in [3.8, 4) is 0 Å². The van der Waals surface area contributed by atoms with Crippen molar-refractivity contribution in [1.82, 2.24) is 9.97 Å². The third-order valence-corrected chi connectivity index (χ3v) is 2.20. The van der Waals surface area contributed by atoms with E-state index in [4.69, 9.17) is 0 Å². The third kappa shape index (κ3) is 5.24. The Morgan fingerprint density at radius 2 is 1.19 bits per heavy atom. The largest absolute Gasteiger partial charge is 0.241 e. The van der Waals surface area contributed by atoms with Crippen molar-refractivity contribution in [1.29, 1.82) is 0 Å². The number of hydrogen-bond acceptors (Lipinski definition) is 2. The van der Waals surface area contributed by atoms with Crippen molar-refractivity contribution >= 4 is 0 Å². The Hall–Kier alpha value is -0.920. The Morgan fingerprint density at radius 3 is 1.50 bits per heavy atom. The van der Waals surface area contributed by atoms with E-state index in [1.807, 2.05) is 0 Å². The van der Waals surface area contributed by atoms with Gasteiger partial charge >= 0.3 is 0 Å². The molecule has 2 nitrogen and oxygen atoms in total. The van der Waals surface area contributed by atoms with Gasteiger partial charge in [-0.15, -0.1) is 0 Å². The molecule has 2 heteroatoms. The molecule has 1 heterocycles. The fourth-order valence-corrected chi connectivity index (χ4v) is 1.72. The van der Waals surface area contributed by atoms with Crippen molar-refractivity contribution in [3.63, 3.8) is 0 Å². The highest BCUT2D eigenvalue weighted by atomic mass is 14.8. The smallest absolute Gasteiger partial charge is 0.115 e. The summed E-state index contributed by atoms with van der Waals surface area (Å²) in [6.07, 6.45) is 3.71. The predicted octanol–water partition coefficient (Wildman–Crippen LogP) is 3.65. The second-order valence-corrected chi connectivity index (χ2v) is 6.98. The van der Waals surface area contributed by atoms with E-state index in [1.165, 1.54) is 0 Å². The minimum Gasteiger partial charge on any atom is -0.241 e. The lowest BCUT2D eigenvalue weighted by molar-refractivity contribution is 0.398. The Kier molecular flexibility index (Phi) is 3.72. The maximum atomic E-state index is 4.34. The summed E-state index contributed by atoms with van der Waals surface area (Å²) < 4.78 is 0. The van der Waals surface area contributed by atoms with Gasteiger partial charge in [0.05, 0.1) is 0 Å². The highest BCUT2D eigenvalue weighted by Gasteiger charge is 2.15. The first-order valence-corrected chi connectivity index (χ1v) is 5.96. The van der Waals surface area contributed by atoms with Crippen LogP contribution in [0, 0.1) is 10.8 Å². The van der Waals surface area contributed by atoms with Gasteiger partial charge in [-0.1, -0.05) is 41.5 Å². The van der Waals surface area contributed by atoms with Crippen LogP contribution in [0.15, 0.2) is 12.4 Å². The summed E-state index contributed by atoms with van der Waals surface area (Å²) in [5, 5.41) is 0. The number of nitrogens with zero attached hydrogens (tertiary/aromatic N) is 2. The van der Waals surface area contributed by atoms with Gasteiger partial charge in [0.15, 0.2) is 0 Å². The maximum absolute atomic E-state index is 4.34. The van der Waals surface area contributed by atoms with Crippen LogP contribution in [-0.2, 0) is 12.8 Å². The van der Waals surface area contributed by atoms with Gasteiger partial charge in [-0.2, -0.15) is 0 Å². The van der Waals surface area contributed by atoms with Crippen LogP contribution in [0.4, 0.5) is 0 Å². The van der Waals surface area contributed by atoms with Crippen LogP contribution < -0.4 is 0 Å². The molecule has 0 bridgehead atoms. The molecule has 1 aromatic heterocycles. The van der Waals surface area contributed by atoms with Gasteiger partial charge in [-0.05, 0) is 29.7 Å². The van der Waals surface area contributed by atoms with E-state index in [2.05, 4.69) is 57.6 Å². The third-order valence-electron chi connectivity index (χ3n) is 2.20. The van der Waals surface area contributed by atoms with E-state index in [1.54, 1.807) is 6.33 Å². The van der Waals surface area contributed by atoms with Crippen LogP contribution >= 0.6 is 0 Å². The van der Waals surface area contributed by atoms with Crippen molar-refractivity contribution in [2.75, 3.05) is 0 Å². The van der Waals surface area contributed by atoms with Crippen LogP contribution in [0.1, 0.15) is 52.9 Å². The first-order chi connectivity index (χ1) is 7.16. The van der Waals surface area contributed by atoms with Gasteiger partial charge in [-0.3, -0.25) is 0 Å². The predicted molar refractivity (Wildman–Crippen MR) is 68.4 cm³/mol. The molecule has 0 aromatic carbocycles. The molecule has 0 spiro atoms. The van der Waals surface area contributed by atoms with E-state index < -0.39 is 0 Å². The van der Waals surface area contributed by atoms with Crippen LogP contribution in [0.5, 0.6) is 0 Å². The van der Waals surface area contributed by atoms with E-state index in [0.29, 0.717) is 0 Å². The van der Waals surface area contributed by atoms with Crippen molar-refractivity contribution < 1.29 is 0 Å². The topological polar surface area (TPSA) is 25.8 Å². The zero-order valence-electron chi connectivity index (χ0n) is 11.5. The first-order valence-electron chi connectivity index (χ1n) is 5.96. The molecule has 0 aliphatic rings. The number of hydrogen-bond donors (Lipinski definition) is 0. The Morgan fingerprint density at radius 1 is 0.812 bits per heavy atom. The van der Waals surface area contributed by atoms with Crippen molar-refractivity contribution in [2.24, 2.45) is 10.8 Å². The highest BCUT2D eigenvalue weighted by molar-refractivity contribution is 5.11. The van der Waals surface area contributed by atoms with Gasteiger partial charge < -0.3 is 0 Å². The molecule has 0 aliphatic carbocycles. The lowest BCUT2D eigenvalue weighted by Crippen LogP contribution is -2.14. The Labute approximate surface area is 99.5 Å². The SMILES string of the molecule is CC(C)(C)Cc1cc(CC(C)(C)C)ncn1. The molecule has 0 saturated heterocycles. The van der Waals surface area contributed by atoms with Gasteiger partial charge in [0.2, 0.25) is 0 Å². The Bertz CT molecular complexity index is 311. The van der Waals surface area contributed by atoms with Gasteiger partial charge in [0.25, 0.3) is 0 Å². The molecule has 0 fully saturated rings. The highest BCUT2D eigenvalue weighted by Crippen LogP contribution is 2.22. The number of rotatable bonds is 2. The van der Waals surface area contributed by atoms with Crippen LogP contribution in [0.2, 0.25) is 0 Å². The molecule has 1 aromatic rings. The Balaban J connectivity index is 2.79. The lowest BCUT2D eigenvalue weighted by Gasteiger charge is -2.19. The van der Waals surface area contributed by atoms with E-state index in [0.717, 1.165) is 24.2 Å². The van der Waals surface area contributed by atoms with Crippen molar-refractivity contribution in [3.05, 3.63) is 23.8 Å². The summed E-state index contributed by atoms with van der Waals surface area (Å²) in [7, 11) is 0. The van der Waals surface area contributed by atoms with E-state index in [-0.39, 0.29) is 10.8 Å².